The second kappa shape index (κ2) is 6.40. The molecule has 0 spiro atoms. The summed E-state index contributed by atoms with van der Waals surface area (Å²) in [5.41, 5.74) is 0. The first kappa shape index (κ1) is 15.0. The molecular formula is C13H14Cl2N4O. The molecule has 2 rings (SSSR count). The van der Waals surface area contributed by atoms with Crippen LogP contribution in [0.4, 0.5) is 0 Å². The van der Waals surface area contributed by atoms with Crippen LogP contribution in [0.2, 0.25) is 10.2 Å². The fourth-order valence-corrected chi connectivity index (χ4v) is 2.58. The molecule has 1 saturated heterocycles. The minimum absolute atomic E-state index is 0.0100. The van der Waals surface area contributed by atoms with Crippen molar-refractivity contribution in [2.45, 2.75) is 25.0 Å². The van der Waals surface area contributed by atoms with Gasteiger partial charge in [-0.25, -0.2) is 4.98 Å². The number of ether oxygens (including phenoxy) is 1. The van der Waals surface area contributed by atoms with Crippen molar-refractivity contribution in [2.24, 2.45) is 0 Å². The lowest BCUT2D eigenvalue weighted by molar-refractivity contribution is 0.138. The summed E-state index contributed by atoms with van der Waals surface area (Å²) in [6, 6.07) is 2.03. The molecule has 0 amide bonds. The number of likely N-dealkylation sites (tertiary alicyclic amines) is 1. The number of likely N-dealkylation sites (N-methyl/N-ethyl adjacent to an activating group) is 1. The van der Waals surface area contributed by atoms with Gasteiger partial charge in [-0.1, -0.05) is 29.8 Å². The second-order valence-corrected chi connectivity index (χ2v) is 5.31. The minimum Gasteiger partial charge on any atom is -0.467 e. The van der Waals surface area contributed by atoms with E-state index in [-0.39, 0.29) is 34.0 Å². The molecule has 2 heterocycles. The molecule has 1 aliphatic heterocycles. The summed E-state index contributed by atoms with van der Waals surface area (Å²) in [7, 11) is 2.03. The Morgan fingerprint density at radius 2 is 2.30 bits per heavy atom. The summed E-state index contributed by atoms with van der Waals surface area (Å²) in [5, 5.41) is 8.98. The maximum absolute atomic E-state index is 8.86. The number of rotatable bonds is 4. The van der Waals surface area contributed by atoms with E-state index in [1.165, 1.54) is 0 Å². The molecule has 1 aliphatic rings. The van der Waals surface area contributed by atoms with Crippen molar-refractivity contribution in [1.82, 2.24) is 14.9 Å². The fraction of sp³-hybridized carbons (Fsp3) is 0.462. The van der Waals surface area contributed by atoms with Crippen molar-refractivity contribution in [3.63, 3.8) is 0 Å². The Bertz CT molecular complexity index is 558. The van der Waals surface area contributed by atoms with E-state index in [0.29, 0.717) is 0 Å². The molecule has 0 N–H and O–H groups in total. The summed E-state index contributed by atoms with van der Waals surface area (Å²) in [6.45, 7) is 4.81. The largest absolute Gasteiger partial charge is 0.467 e. The van der Waals surface area contributed by atoms with Crippen molar-refractivity contribution in [2.75, 3.05) is 13.6 Å². The topological polar surface area (TPSA) is 62.0 Å². The molecule has 1 fully saturated rings. The molecule has 0 aromatic carbocycles. The average molecular weight is 313 g/mol. The standard InChI is InChI=1S/C13H14Cl2N4O/c1-3-9(8-5-4-6-19(8)2)20-13-11(14)12(15)17-10(7-16)18-13/h3,8-9H,1,4-6H2,2H3/t8-,9-/m0/s1. The smallest absolute Gasteiger partial charge is 0.239 e. The van der Waals surface area contributed by atoms with Crippen LogP contribution in [0.5, 0.6) is 5.88 Å². The van der Waals surface area contributed by atoms with Crippen LogP contribution in [0.3, 0.4) is 0 Å². The van der Waals surface area contributed by atoms with Crippen molar-refractivity contribution in [1.29, 1.82) is 5.26 Å². The van der Waals surface area contributed by atoms with Crippen molar-refractivity contribution in [3.05, 3.63) is 28.7 Å². The molecule has 106 valence electrons. The summed E-state index contributed by atoms with van der Waals surface area (Å²) in [6.07, 6.45) is 3.56. The third-order valence-corrected chi connectivity index (χ3v) is 4.03. The SMILES string of the molecule is C=C[C@H](Oc1nc(C#N)nc(Cl)c1Cl)[C@@H]1CCCN1C. The first-order valence-electron chi connectivity index (χ1n) is 6.19. The summed E-state index contributed by atoms with van der Waals surface area (Å²) in [4.78, 5) is 9.90. The summed E-state index contributed by atoms with van der Waals surface area (Å²) < 4.78 is 5.79. The zero-order chi connectivity index (χ0) is 14.7. The number of nitrogens with zero attached hydrogens (tertiary/aromatic N) is 4. The van der Waals surface area contributed by atoms with Gasteiger partial charge in [0.15, 0.2) is 5.15 Å². The van der Waals surface area contributed by atoms with E-state index in [4.69, 9.17) is 33.2 Å². The molecule has 1 aromatic rings. The Labute approximate surface area is 127 Å². The first-order chi connectivity index (χ1) is 9.56. The summed E-state index contributed by atoms with van der Waals surface area (Å²) >= 11 is 11.9. The van der Waals surface area contributed by atoms with Crippen LogP contribution in [-0.2, 0) is 0 Å². The highest BCUT2D eigenvalue weighted by Crippen LogP contribution is 2.31. The maximum atomic E-state index is 8.86. The van der Waals surface area contributed by atoms with Gasteiger partial charge in [-0.3, -0.25) is 4.90 Å². The summed E-state index contributed by atoms with van der Waals surface area (Å²) in [5.74, 6) is 0.0467. The molecule has 1 aromatic heterocycles. The van der Waals surface area contributed by atoms with Gasteiger partial charge in [-0.15, -0.1) is 0 Å². The molecule has 0 saturated carbocycles. The second-order valence-electron chi connectivity index (χ2n) is 4.58. The van der Waals surface area contributed by atoms with E-state index in [2.05, 4.69) is 21.4 Å². The van der Waals surface area contributed by atoms with Crippen LogP contribution < -0.4 is 4.74 Å². The molecule has 0 bridgehead atoms. The quantitative estimate of drug-likeness (QED) is 0.632. The third-order valence-electron chi connectivity index (χ3n) is 3.32. The van der Waals surface area contributed by atoms with E-state index < -0.39 is 0 Å². The van der Waals surface area contributed by atoms with Gasteiger partial charge in [-0.2, -0.15) is 10.2 Å². The van der Waals surface area contributed by atoms with Gasteiger partial charge in [-0.05, 0) is 32.5 Å². The number of nitriles is 1. The van der Waals surface area contributed by atoms with Gasteiger partial charge >= 0.3 is 0 Å². The first-order valence-corrected chi connectivity index (χ1v) is 6.95. The van der Waals surface area contributed by atoms with Crippen molar-refractivity contribution < 1.29 is 4.74 Å². The van der Waals surface area contributed by atoms with Gasteiger partial charge in [0.2, 0.25) is 11.7 Å². The van der Waals surface area contributed by atoms with E-state index in [1.54, 1.807) is 6.08 Å². The van der Waals surface area contributed by atoms with Crippen LogP contribution in [-0.4, -0.2) is 40.6 Å². The number of aromatic nitrogens is 2. The highest BCUT2D eigenvalue weighted by Gasteiger charge is 2.30. The normalized spacial score (nSPS) is 20.4. The van der Waals surface area contributed by atoms with E-state index in [9.17, 15) is 0 Å². The molecule has 7 heteroatoms. The van der Waals surface area contributed by atoms with Gasteiger partial charge in [0, 0.05) is 0 Å². The third kappa shape index (κ3) is 3.04. The Balaban J connectivity index is 2.26. The predicted molar refractivity (Wildman–Crippen MR) is 77.0 cm³/mol. The molecule has 0 radical (unpaired) electrons. The highest BCUT2D eigenvalue weighted by atomic mass is 35.5. The van der Waals surface area contributed by atoms with Crippen molar-refractivity contribution >= 4 is 23.2 Å². The molecule has 20 heavy (non-hydrogen) atoms. The lowest BCUT2D eigenvalue weighted by atomic mass is 10.1. The van der Waals surface area contributed by atoms with E-state index >= 15 is 0 Å². The molecule has 0 aliphatic carbocycles. The Morgan fingerprint density at radius 1 is 1.55 bits per heavy atom. The molecule has 2 atom stereocenters. The maximum Gasteiger partial charge on any atom is 0.239 e. The Kier molecular flexibility index (Phi) is 4.81. The van der Waals surface area contributed by atoms with Crippen LogP contribution >= 0.6 is 23.2 Å². The molecule has 5 nitrogen and oxygen atoms in total. The number of halogens is 2. The van der Waals surface area contributed by atoms with E-state index in [0.717, 1.165) is 19.4 Å². The lowest BCUT2D eigenvalue weighted by Gasteiger charge is -2.27. The monoisotopic (exact) mass is 312 g/mol. The van der Waals surface area contributed by atoms with E-state index in [1.807, 2.05) is 13.1 Å². The van der Waals surface area contributed by atoms with Gasteiger partial charge in [0.1, 0.15) is 17.2 Å². The zero-order valence-electron chi connectivity index (χ0n) is 11.0. The van der Waals surface area contributed by atoms with Crippen LogP contribution in [0.15, 0.2) is 12.7 Å². The Hall–Kier alpha value is -1.35. The van der Waals surface area contributed by atoms with Crippen LogP contribution in [0.25, 0.3) is 0 Å². The van der Waals surface area contributed by atoms with Crippen molar-refractivity contribution in [3.8, 4) is 11.9 Å². The molecular weight excluding hydrogens is 299 g/mol. The van der Waals surface area contributed by atoms with Crippen LogP contribution in [0, 0.1) is 11.3 Å². The lowest BCUT2D eigenvalue weighted by Crippen LogP contribution is -2.39. The zero-order valence-corrected chi connectivity index (χ0v) is 12.5. The van der Waals surface area contributed by atoms with Gasteiger partial charge in [0.05, 0.1) is 6.04 Å². The molecule has 0 unspecified atom stereocenters. The Morgan fingerprint density at radius 3 is 2.85 bits per heavy atom. The number of hydrogen-bond acceptors (Lipinski definition) is 5. The van der Waals surface area contributed by atoms with Gasteiger partial charge in [0.25, 0.3) is 0 Å². The highest BCUT2D eigenvalue weighted by molar-refractivity contribution is 6.42. The average Bonchev–Trinajstić information content (AvgIpc) is 2.86. The fourth-order valence-electron chi connectivity index (χ4n) is 2.29. The minimum atomic E-state index is -0.266. The van der Waals surface area contributed by atoms with Gasteiger partial charge < -0.3 is 4.74 Å². The predicted octanol–water partition coefficient (Wildman–Crippen LogP) is 2.68. The number of hydrogen-bond donors (Lipinski definition) is 0. The van der Waals surface area contributed by atoms with Crippen LogP contribution in [0.1, 0.15) is 18.7 Å².